The van der Waals surface area contributed by atoms with Crippen LogP contribution >= 0.6 is 0 Å². The predicted molar refractivity (Wildman–Crippen MR) is 81.7 cm³/mol. The Kier molecular flexibility index (Phi) is 5.05. The second-order valence-electron chi connectivity index (χ2n) is 4.94. The highest BCUT2D eigenvalue weighted by molar-refractivity contribution is 5.91. The summed E-state index contributed by atoms with van der Waals surface area (Å²) in [4.78, 5) is 16.2. The molecule has 0 bridgehead atoms. The van der Waals surface area contributed by atoms with Gasteiger partial charge in [-0.25, -0.2) is 4.98 Å². The Balaban J connectivity index is 1.84. The third kappa shape index (κ3) is 4.13. The van der Waals surface area contributed by atoms with E-state index in [1.165, 1.54) is 0 Å². The van der Waals surface area contributed by atoms with Crippen LogP contribution in [-0.2, 0) is 17.9 Å². The Bertz CT molecular complexity index is 620. The number of para-hydroxylation sites is 1. The van der Waals surface area contributed by atoms with Crippen molar-refractivity contribution in [3.05, 3.63) is 41.5 Å². The molecule has 0 saturated carbocycles. The lowest BCUT2D eigenvalue weighted by Gasteiger charge is -2.09. The van der Waals surface area contributed by atoms with Crippen LogP contribution in [0.4, 0.5) is 5.69 Å². The highest BCUT2D eigenvalue weighted by Gasteiger charge is 2.07. The van der Waals surface area contributed by atoms with Crippen LogP contribution in [0.1, 0.15) is 30.1 Å². The molecule has 0 unspecified atom stereocenters. The Morgan fingerprint density at radius 2 is 2.10 bits per heavy atom. The third-order valence-corrected chi connectivity index (χ3v) is 3.25. The summed E-state index contributed by atoms with van der Waals surface area (Å²) in [7, 11) is 0. The van der Waals surface area contributed by atoms with E-state index >= 15 is 0 Å². The molecule has 0 aliphatic heterocycles. The van der Waals surface area contributed by atoms with E-state index in [1.54, 1.807) is 0 Å². The van der Waals surface area contributed by atoms with Gasteiger partial charge in [0.1, 0.15) is 11.6 Å². The molecule has 1 aromatic heterocycles. The molecule has 0 saturated heterocycles. The molecule has 6 heteroatoms. The number of anilines is 1. The molecule has 0 atom stereocenters. The highest BCUT2D eigenvalue weighted by Crippen LogP contribution is 2.14. The summed E-state index contributed by atoms with van der Waals surface area (Å²) in [6.45, 7) is 4.88. The summed E-state index contributed by atoms with van der Waals surface area (Å²) in [5.74, 6) is 1.63. The van der Waals surface area contributed by atoms with Gasteiger partial charge in [0, 0.05) is 25.2 Å². The Morgan fingerprint density at radius 1 is 1.33 bits per heavy atom. The number of hydrogen-bond acceptors (Lipinski definition) is 4. The van der Waals surface area contributed by atoms with E-state index in [-0.39, 0.29) is 5.91 Å². The zero-order valence-corrected chi connectivity index (χ0v) is 12.5. The van der Waals surface area contributed by atoms with Crippen LogP contribution in [0.15, 0.2) is 24.3 Å². The topological polar surface area (TPSA) is 85.8 Å². The number of amides is 1. The SMILES string of the molecule is Cc1nc(C)n(CCCC(=O)Nc2ccccc2CN)n1. The molecule has 112 valence electrons. The molecular weight excluding hydrogens is 266 g/mol. The van der Waals surface area contributed by atoms with Crippen molar-refractivity contribution in [2.75, 3.05) is 5.32 Å². The normalized spacial score (nSPS) is 10.6. The molecule has 3 N–H and O–H groups in total. The maximum Gasteiger partial charge on any atom is 0.224 e. The monoisotopic (exact) mass is 287 g/mol. The van der Waals surface area contributed by atoms with Gasteiger partial charge in [-0.1, -0.05) is 18.2 Å². The third-order valence-electron chi connectivity index (χ3n) is 3.25. The minimum absolute atomic E-state index is 0.00890. The zero-order valence-electron chi connectivity index (χ0n) is 12.5. The quantitative estimate of drug-likeness (QED) is 0.848. The van der Waals surface area contributed by atoms with Crippen molar-refractivity contribution in [3.63, 3.8) is 0 Å². The van der Waals surface area contributed by atoms with Crippen molar-refractivity contribution in [3.8, 4) is 0 Å². The lowest BCUT2D eigenvalue weighted by Crippen LogP contribution is -2.15. The predicted octanol–water partition coefficient (Wildman–Crippen LogP) is 1.77. The Hall–Kier alpha value is -2.21. The fraction of sp³-hybridized carbons (Fsp3) is 0.400. The maximum absolute atomic E-state index is 12.0. The van der Waals surface area contributed by atoms with Crippen LogP contribution < -0.4 is 11.1 Å². The number of carbonyl (C=O) groups excluding carboxylic acids is 1. The van der Waals surface area contributed by atoms with E-state index in [4.69, 9.17) is 5.73 Å². The van der Waals surface area contributed by atoms with Crippen LogP contribution in [-0.4, -0.2) is 20.7 Å². The standard InChI is InChI=1S/C15H21N5O/c1-11-17-12(2)20(19-11)9-5-8-15(21)18-14-7-4-3-6-13(14)10-16/h3-4,6-7H,5,8-10,16H2,1-2H3,(H,18,21). The van der Waals surface area contributed by atoms with Crippen molar-refractivity contribution in [2.24, 2.45) is 5.73 Å². The molecule has 1 amide bonds. The molecule has 0 aliphatic rings. The first-order valence-electron chi connectivity index (χ1n) is 7.06. The molecule has 21 heavy (non-hydrogen) atoms. The van der Waals surface area contributed by atoms with Crippen molar-refractivity contribution < 1.29 is 4.79 Å². The van der Waals surface area contributed by atoms with E-state index in [0.29, 0.717) is 19.5 Å². The van der Waals surface area contributed by atoms with Gasteiger partial charge in [-0.2, -0.15) is 5.10 Å². The molecule has 2 rings (SSSR count). The first-order chi connectivity index (χ1) is 10.1. The summed E-state index contributed by atoms with van der Waals surface area (Å²) < 4.78 is 1.83. The first kappa shape index (κ1) is 15.2. The molecule has 1 aromatic carbocycles. The molecule has 6 nitrogen and oxygen atoms in total. The van der Waals surface area contributed by atoms with Crippen molar-refractivity contribution in [1.82, 2.24) is 14.8 Å². The number of nitrogens with one attached hydrogen (secondary N) is 1. The second-order valence-corrected chi connectivity index (χ2v) is 4.94. The van der Waals surface area contributed by atoms with Gasteiger partial charge in [0.25, 0.3) is 0 Å². The number of carbonyl (C=O) groups is 1. The Morgan fingerprint density at radius 3 is 2.76 bits per heavy atom. The van der Waals surface area contributed by atoms with Crippen LogP contribution in [0.5, 0.6) is 0 Å². The molecule has 0 spiro atoms. The Labute approximate surface area is 124 Å². The van der Waals surface area contributed by atoms with E-state index in [9.17, 15) is 4.79 Å². The summed E-state index contributed by atoms with van der Waals surface area (Å²) >= 11 is 0. The van der Waals surface area contributed by atoms with Gasteiger partial charge in [0.2, 0.25) is 5.91 Å². The number of rotatable bonds is 6. The average Bonchev–Trinajstić information content (AvgIpc) is 2.77. The number of nitrogens with two attached hydrogens (primary N) is 1. The second kappa shape index (κ2) is 6.99. The largest absolute Gasteiger partial charge is 0.326 e. The number of nitrogens with zero attached hydrogens (tertiary/aromatic N) is 3. The van der Waals surface area contributed by atoms with Gasteiger partial charge in [0.15, 0.2) is 0 Å². The van der Waals surface area contributed by atoms with Crippen LogP contribution in [0.3, 0.4) is 0 Å². The maximum atomic E-state index is 12.0. The van der Waals surface area contributed by atoms with E-state index < -0.39 is 0 Å². The summed E-state index contributed by atoms with van der Waals surface area (Å²) in [5, 5.41) is 7.18. The minimum atomic E-state index is -0.00890. The summed E-state index contributed by atoms with van der Waals surface area (Å²) in [6, 6.07) is 7.58. The molecular formula is C15H21N5O. The van der Waals surface area contributed by atoms with Gasteiger partial charge in [-0.15, -0.1) is 0 Å². The minimum Gasteiger partial charge on any atom is -0.326 e. The zero-order chi connectivity index (χ0) is 15.2. The van der Waals surface area contributed by atoms with Crippen LogP contribution in [0, 0.1) is 13.8 Å². The summed E-state index contributed by atoms with van der Waals surface area (Å²) in [6.07, 6.45) is 1.16. The lowest BCUT2D eigenvalue weighted by atomic mass is 10.1. The molecule has 0 aliphatic carbocycles. The number of aryl methyl sites for hydroxylation is 3. The van der Waals surface area contributed by atoms with E-state index in [2.05, 4.69) is 15.4 Å². The molecule has 1 heterocycles. The van der Waals surface area contributed by atoms with Crippen molar-refractivity contribution >= 4 is 11.6 Å². The van der Waals surface area contributed by atoms with Gasteiger partial charge >= 0.3 is 0 Å². The lowest BCUT2D eigenvalue weighted by molar-refractivity contribution is -0.116. The van der Waals surface area contributed by atoms with Gasteiger partial charge < -0.3 is 11.1 Å². The van der Waals surface area contributed by atoms with Gasteiger partial charge in [-0.3, -0.25) is 9.48 Å². The van der Waals surface area contributed by atoms with Crippen molar-refractivity contribution in [2.45, 2.75) is 39.8 Å². The fourth-order valence-corrected chi connectivity index (χ4v) is 2.20. The average molecular weight is 287 g/mol. The van der Waals surface area contributed by atoms with Gasteiger partial charge in [-0.05, 0) is 31.9 Å². The smallest absolute Gasteiger partial charge is 0.224 e. The molecule has 2 aromatic rings. The number of benzene rings is 1. The number of aromatic nitrogens is 3. The molecule has 0 fully saturated rings. The summed E-state index contributed by atoms with van der Waals surface area (Å²) in [5.41, 5.74) is 7.38. The van der Waals surface area contributed by atoms with E-state index in [1.807, 2.05) is 42.8 Å². The molecule has 0 radical (unpaired) electrons. The van der Waals surface area contributed by atoms with Crippen molar-refractivity contribution in [1.29, 1.82) is 0 Å². The van der Waals surface area contributed by atoms with Crippen LogP contribution in [0.25, 0.3) is 0 Å². The van der Waals surface area contributed by atoms with Crippen LogP contribution in [0.2, 0.25) is 0 Å². The van der Waals surface area contributed by atoms with E-state index in [0.717, 1.165) is 29.3 Å². The fourth-order valence-electron chi connectivity index (χ4n) is 2.20. The first-order valence-corrected chi connectivity index (χ1v) is 7.06. The number of hydrogen-bond donors (Lipinski definition) is 2. The van der Waals surface area contributed by atoms with Gasteiger partial charge in [0.05, 0.1) is 0 Å². The highest BCUT2D eigenvalue weighted by atomic mass is 16.1.